The molecule has 0 aromatic carbocycles. The van der Waals surface area contributed by atoms with Gasteiger partial charge in [-0.15, -0.1) is 0 Å². The highest BCUT2D eigenvalue weighted by Gasteiger charge is 2.21. The van der Waals surface area contributed by atoms with Gasteiger partial charge in [0, 0.05) is 12.6 Å². The maximum Gasteiger partial charge on any atom is 0.237 e. The molecule has 1 rings (SSSR count). The van der Waals surface area contributed by atoms with Crippen LogP contribution in [0.1, 0.15) is 46.0 Å². The number of hydrogen-bond donors (Lipinski definition) is 2. The fraction of sp³-hybridized carbons (Fsp3) is 0.909. The van der Waals surface area contributed by atoms with Crippen molar-refractivity contribution in [2.24, 2.45) is 0 Å². The number of carbonyl (C=O) groups is 1. The van der Waals surface area contributed by atoms with Gasteiger partial charge in [0.1, 0.15) is 0 Å². The van der Waals surface area contributed by atoms with Crippen molar-refractivity contribution in [1.82, 2.24) is 10.6 Å². The minimum Gasteiger partial charge on any atom is -0.355 e. The molecule has 1 heterocycles. The molecule has 2 N–H and O–H groups in total. The van der Waals surface area contributed by atoms with Crippen molar-refractivity contribution in [1.29, 1.82) is 0 Å². The monoisotopic (exact) mass is 198 g/mol. The van der Waals surface area contributed by atoms with Crippen LogP contribution in [0.25, 0.3) is 0 Å². The van der Waals surface area contributed by atoms with Gasteiger partial charge in [0.25, 0.3) is 0 Å². The van der Waals surface area contributed by atoms with Crippen LogP contribution in [0.3, 0.4) is 0 Å². The van der Waals surface area contributed by atoms with Crippen LogP contribution in [0.5, 0.6) is 0 Å². The Labute approximate surface area is 86.6 Å². The molecule has 1 fully saturated rings. The molecule has 1 aliphatic rings. The van der Waals surface area contributed by atoms with E-state index in [-0.39, 0.29) is 11.9 Å². The topological polar surface area (TPSA) is 41.1 Å². The van der Waals surface area contributed by atoms with Crippen molar-refractivity contribution in [2.45, 2.75) is 58.0 Å². The van der Waals surface area contributed by atoms with E-state index in [2.05, 4.69) is 24.5 Å². The molecule has 0 radical (unpaired) electrons. The first-order valence-corrected chi connectivity index (χ1v) is 5.81. The Bertz CT molecular complexity index is 178. The number of nitrogens with one attached hydrogen (secondary N) is 2. The zero-order valence-corrected chi connectivity index (χ0v) is 9.31. The van der Waals surface area contributed by atoms with E-state index in [1.54, 1.807) is 0 Å². The number of carbonyl (C=O) groups excluding carboxylic acids is 1. The van der Waals surface area contributed by atoms with E-state index in [0.29, 0.717) is 6.04 Å². The average Bonchev–Trinajstić information content (AvgIpc) is 2.40. The third-order valence-electron chi connectivity index (χ3n) is 2.96. The molecule has 82 valence electrons. The van der Waals surface area contributed by atoms with Crippen LogP contribution in [-0.2, 0) is 4.79 Å². The molecule has 3 heteroatoms. The van der Waals surface area contributed by atoms with E-state index in [1.165, 1.54) is 0 Å². The number of amides is 1. The normalized spacial score (nSPS) is 23.4. The summed E-state index contributed by atoms with van der Waals surface area (Å²) in [6.45, 7) is 5.17. The molecule has 14 heavy (non-hydrogen) atoms. The van der Waals surface area contributed by atoms with Gasteiger partial charge in [-0.05, 0) is 32.1 Å². The van der Waals surface area contributed by atoms with Gasteiger partial charge in [-0.25, -0.2) is 0 Å². The average molecular weight is 198 g/mol. The van der Waals surface area contributed by atoms with Crippen molar-refractivity contribution >= 4 is 5.91 Å². The van der Waals surface area contributed by atoms with Crippen molar-refractivity contribution in [3.8, 4) is 0 Å². The lowest BCUT2D eigenvalue weighted by Crippen LogP contribution is -2.46. The lowest BCUT2D eigenvalue weighted by atomic mass is 10.1. The van der Waals surface area contributed by atoms with Gasteiger partial charge in [-0.1, -0.05) is 13.8 Å². The lowest BCUT2D eigenvalue weighted by molar-refractivity contribution is -0.123. The van der Waals surface area contributed by atoms with Crippen molar-refractivity contribution in [2.75, 3.05) is 6.54 Å². The number of hydrogen-bond acceptors (Lipinski definition) is 2. The van der Waals surface area contributed by atoms with Crippen LogP contribution >= 0.6 is 0 Å². The van der Waals surface area contributed by atoms with Gasteiger partial charge >= 0.3 is 0 Å². The van der Waals surface area contributed by atoms with Gasteiger partial charge in [0.2, 0.25) is 5.91 Å². The van der Waals surface area contributed by atoms with E-state index >= 15 is 0 Å². The summed E-state index contributed by atoms with van der Waals surface area (Å²) in [6, 6.07) is 0.534. The first kappa shape index (κ1) is 11.5. The van der Waals surface area contributed by atoms with Crippen LogP contribution in [0.4, 0.5) is 0 Å². The number of rotatable bonds is 4. The third-order valence-corrected chi connectivity index (χ3v) is 2.96. The Kier molecular flexibility index (Phi) is 4.94. The molecule has 0 saturated carbocycles. The Hall–Kier alpha value is -0.570. The van der Waals surface area contributed by atoms with Crippen molar-refractivity contribution in [3.05, 3.63) is 0 Å². The molecule has 1 saturated heterocycles. The summed E-state index contributed by atoms with van der Waals surface area (Å²) < 4.78 is 0. The minimum absolute atomic E-state index is 0.0439. The second kappa shape index (κ2) is 6.02. The largest absolute Gasteiger partial charge is 0.355 e. The molecule has 0 aromatic heterocycles. The van der Waals surface area contributed by atoms with E-state index in [9.17, 15) is 4.79 Å². The SMILES string of the molecule is CCC(CC)NC1CCCCNC1=O. The molecule has 1 amide bonds. The lowest BCUT2D eigenvalue weighted by Gasteiger charge is -2.21. The van der Waals surface area contributed by atoms with Crippen LogP contribution in [0.15, 0.2) is 0 Å². The summed E-state index contributed by atoms with van der Waals surface area (Å²) in [4.78, 5) is 11.6. The molecular weight excluding hydrogens is 176 g/mol. The van der Waals surface area contributed by atoms with E-state index in [4.69, 9.17) is 0 Å². The first-order valence-electron chi connectivity index (χ1n) is 5.81. The van der Waals surface area contributed by atoms with Crippen LogP contribution in [0, 0.1) is 0 Å². The fourth-order valence-electron chi connectivity index (χ4n) is 1.91. The van der Waals surface area contributed by atoms with E-state index < -0.39 is 0 Å². The molecule has 0 spiro atoms. The second-order valence-electron chi connectivity index (χ2n) is 4.02. The molecule has 1 unspecified atom stereocenters. The molecule has 0 bridgehead atoms. The summed E-state index contributed by atoms with van der Waals surface area (Å²) in [5, 5.41) is 6.38. The van der Waals surface area contributed by atoms with Gasteiger partial charge in [-0.3, -0.25) is 4.79 Å². The maximum atomic E-state index is 11.6. The van der Waals surface area contributed by atoms with Gasteiger partial charge in [-0.2, -0.15) is 0 Å². The predicted octanol–water partition coefficient (Wildman–Crippen LogP) is 1.43. The van der Waals surface area contributed by atoms with Crippen LogP contribution < -0.4 is 10.6 Å². The van der Waals surface area contributed by atoms with Gasteiger partial charge in [0.05, 0.1) is 6.04 Å². The standard InChI is InChI=1S/C11H22N2O/c1-3-9(4-2)13-10-7-5-6-8-12-11(10)14/h9-10,13H,3-8H2,1-2H3,(H,12,14). The fourth-order valence-corrected chi connectivity index (χ4v) is 1.91. The van der Waals surface area contributed by atoms with Gasteiger partial charge < -0.3 is 10.6 Å². The van der Waals surface area contributed by atoms with Crippen molar-refractivity contribution < 1.29 is 4.79 Å². The highest BCUT2D eigenvalue weighted by atomic mass is 16.2. The Morgan fingerprint density at radius 1 is 1.43 bits per heavy atom. The summed E-state index contributed by atoms with van der Waals surface area (Å²) >= 11 is 0. The molecular formula is C11H22N2O. The molecule has 1 aliphatic heterocycles. The minimum atomic E-state index is 0.0439. The van der Waals surface area contributed by atoms with E-state index in [0.717, 1.165) is 38.6 Å². The summed E-state index contributed by atoms with van der Waals surface area (Å²) in [5.74, 6) is 0.189. The predicted molar refractivity (Wildman–Crippen MR) is 58.2 cm³/mol. The quantitative estimate of drug-likeness (QED) is 0.717. The Morgan fingerprint density at radius 3 is 2.79 bits per heavy atom. The second-order valence-corrected chi connectivity index (χ2v) is 4.02. The zero-order valence-electron chi connectivity index (χ0n) is 9.31. The molecule has 0 aromatic rings. The van der Waals surface area contributed by atoms with Crippen LogP contribution in [-0.4, -0.2) is 24.5 Å². The molecule has 3 nitrogen and oxygen atoms in total. The highest BCUT2D eigenvalue weighted by molar-refractivity contribution is 5.81. The Morgan fingerprint density at radius 2 is 2.14 bits per heavy atom. The smallest absolute Gasteiger partial charge is 0.237 e. The van der Waals surface area contributed by atoms with Gasteiger partial charge in [0.15, 0.2) is 0 Å². The van der Waals surface area contributed by atoms with Crippen molar-refractivity contribution in [3.63, 3.8) is 0 Å². The summed E-state index contributed by atoms with van der Waals surface area (Å²) in [6.07, 6.45) is 5.45. The summed E-state index contributed by atoms with van der Waals surface area (Å²) in [5.41, 5.74) is 0. The van der Waals surface area contributed by atoms with Crippen LogP contribution in [0.2, 0.25) is 0 Å². The summed E-state index contributed by atoms with van der Waals surface area (Å²) in [7, 11) is 0. The maximum absolute atomic E-state index is 11.6. The molecule has 0 aliphatic carbocycles. The Balaban J connectivity index is 2.43. The third kappa shape index (κ3) is 3.29. The first-order chi connectivity index (χ1) is 6.77. The zero-order chi connectivity index (χ0) is 10.4. The molecule has 1 atom stereocenters. The van der Waals surface area contributed by atoms with E-state index in [1.807, 2.05) is 0 Å². The highest BCUT2D eigenvalue weighted by Crippen LogP contribution is 2.08.